The molecule has 8 heteroatoms. The van der Waals surface area contributed by atoms with Gasteiger partial charge in [-0.05, 0) is 48.7 Å². The second-order valence-corrected chi connectivity index (χ2v) is 8.69. The number of pyridine rings is 1. The first-order valence-electron chi connectivity index (χ1n) is 11.5. The lowest BCUT2D eigenvalue weighted by Crippen LogP contribution is -2.14. The molecule has 5 nitrogen and oxygen atoms in total. The van der Waals surface area contributed by atoms with Crippen molar-refractivity contribution in [2.75, 3.05) is 0 Å². The molecule has 0 aliphatic heterocycles. The number of halogens is 3. The number of benzene rings is 3. The van der Waals surface area contributed by atoms with E-state index >= 15 is 0 Å². The lowest BCUT2D eigenvalue weighted by Gasteiger charge is -2.15. The molecule has 2 heterocycles. The molecule has 0 N–H and O–H groups in total. The largest absolute Gasteiger partial charge is 0.416 e. The van der Waals surface area contributed by atoms with Crippen LogP contribution in [0.2, 0.25) is 0 Å². The van der Waals surface area contributed by atoms with Crippen molar-refractivity contribution >= 4 is 10.9 Å². The summed E-state index contributed by atoms with van der Waals surface area (Å²) in [7, 11) is 0. The molecule has 0 aliphatic carbocycles. The quantitative estimate of drug-likeness (QED) is 0.277. The van der Waals surface area contributed by atoms with Crippen molar-refractivity contribution in [3.8, 4) is 22.8 Å². The van der Waals surface area contributed by atoms with E-state index in [1.165, 1.54) is 6.07 Å². The van der Waals surface area contributed by atoms with Gasteiger partial charge in [0.05, 0.1) is 11.1 Å². The summed E-state index contributed by atoms with van der Waals surface area (Å²) in [5.41, 5.74) is 3.04. The minimum absolute atomic E-state index is 0.0529. The number of rotatable bonds is 5. The highest BCUT2D eigenvalue weighted by Gasteiger charge is 2.30. The van der Waals surface area contributed by atoms with Gasteiger partial charge < -0.3 is 9.09 Å². The summed E-state index contributed by atoms with van der Waals surface area (Å²) in [4.78, 5) is 17.9. The van der Waals surface area contributed by atoms with Gasteiger partial charge in [-0.1, -0.05) is 60.1 Å². The predicted molar refractivity (Wildman–Crippen MR) is 132 cm³/mol. The lowest BCUT2D eigenvalue weighted by atomic mass is 10.1. The maximum Gasteiger partial charge on any atom is 0.416 e. The summed E-state index contributed by atoms with van der Waals surface area (Å²) in [6.45, 7) is 4.08. The fourth-order valence-electron chi connectivity index (χ4n) is 4.14. The van der Waals surface area contributed by atoms with E-state index in [4.69, 9.17) is 4.52 Å². The zero-order valence-corrected chi connectivity index (χ0v) is 19.6. The maximum absolute atomic E-state index is 13.5. The number of nitrogens with zero attached hydrogens (tertiary/aromatic N) is 3. The van der Waals surface area contributed by atoms with Crippen molar-refractivity contribution in [1.82, 2.24) is 14.7 Å². The Morgan fingerprint density at radius 1 is 0.972 bits per heavy atom. The van der Waals surface area contributed by atoms with Crippen molar-refractivity contribution in [1.29, 1.82) is 0 Å². The fraction of sp³-hybridized carbons (Fsp3) is 0.179. The molecule has 0 saturated heterocycles. The first kappa shape index (κ1) is 23.5. The molecule has 3 aromatic carbocycles. The third-order valence-electron chi connectivity index (χ3n) is 6.13. The van der Waals surface area contributed by atoms with Crippen LogP contribution in [0.4, 0.5) is 13.2 Å². The highest BCUT2D eigenvalue weighted by atomic mass is 19.4. The molecule has 0 unspecified atom stereocenters. The average molecular weight is 489 g/mol. The topological polar surface area (TPSA) is 60.9 Å². The Morgan fingerprint density at radius 2 is 1.75 bits per heavy atom. The summed E-state index contributed by atoms with van der Waals surface area (Å²) >= 11 is 0. The van der Waals surface area contributed by atoms with Crippen LogP contribution in [0.15, 0.2) is 82.2 Å². The van der Waals surface area contributed by atoms with E-state index in [0.29, 0.717) is 22.3 Å². The van der Waals surface area contributed by atoms with E-state index in [9.17, 15) is 18.0 Å². The van der Waals surface area contributed by atoms with Crippen molar-refractivity contribution in [2.24, 2.45) is 0 Å². The van der Waals surface area contributed by atoms with Gasteiger partial charge >= 0.3 is 6.18 Å². The van der Waals surface area contributed by atoms with Gasteiger partial charge in [-0.25, -0.2) is 0 Å². The Bertz CT molecular complexity index is 1620. The van der Waals surface area contributed by atoms with Crippen LogP contribution >= 0.6 is 0 Å². The normalized spacial score (nSPS) is 11.8. The van der Waals surface area contributed by atoms with Gasteiger partial charge in [0, 0.05) is 23.7 Å². The number of hydrogen-bond donors (Lipinski definition) is 0. The summed E-state index contributed by atoms with van der Waals surface area (Å²) in [5.74, 6) is 0.397. The van der Waals surface area contributed by atoms with Crippen molar-refractivity contribution in [3.63, 3.8) is 0 Å². The highest BCUT2D eigenvalue weighted by molar-refractivity contribution is 5.83. The molecule has 36 heavy (non-hydrogen) atoms. The van der Waals surface area contributed by atoms with Crippen LogP contribution in [0.3, 0.4) is 0 Å². The Kier molecular flexibility index (Phi) is 5.96. The smallest absolute Gasteiger partial charge is 0.342 e. The molecule has 0 radical (unpaired) electrons. The first-order chi connectivity index (χ1) is 17.2. The summed E-state index contributed by atoms with van der Waals surface area (Å²) < 4.78 is 47.0. The lowest BCUT2D eigenvalue weighted by molar-refractivity contribution is -0.137. The van der Waals surface area contributed by atoms with E-state index in [-0.39, 0.29) is 23.4 Å². The van der Waals surface area contributed by atoms with Gasteiger partial charge in [0.2, 0.25) is 11.3 Å². The number of alkyl halides is 3. The Morgan fingerprint density at radius 3 is 2.47 bits per heavy atom. The van der Waals surface area contributed by atoms with Gasteiger partial charge in [0.15, 0.2) is 0 Å². The standard InChI is InChI=1S/C28H22F3N3O2/c1-3-18-9-12-24-22(14-18)25(35)23(27-32-26(33-36-27)20-10-7-17(2)8-11-20)16-34(24)15-19-5-4-6-21(13-19)28(29,30)31/h4-14,16H,3,15H2,1-2H3. The van der Waals surface area contributed by atoms with Gasteiger partial charge in [-0.2, -0.15) is 18.2 Å². The second kappa shape index (κ2) is 9.11. The average Bonchev–Trinajstić information content (AvgIpc) is 3.35. The van der Waals surface area contributed by atoms with Crippen LogP contribution in [-0.4, -0.2) is 14.7 Å². The fourth-order valence-corrected chi connectivity index (χ4v) is 4.14. The molecule has 0 atom stereocenters. The van der Waals surface area contributed by atoms with E-state index in [2.05, 4.69) is 10.1 Å². The Hall–Kier alpha value is -4.20. The zero-order valence-electron chi connectivity index (χ0n) is 19.6. The minimum atomic E-state index is -4.45. The third-order valence-corrected chi connectivity index (χ3v) is 6.13. The molecule has 0 amide bonds. The monoisotopic (exact) mass is 489 g/mol. The zero-order chi connectivity index (χ0) is 25.4. The van der Waals surface area contributed by atoms with E-state index in [0.717, 1.165) is 35.2 Å². The summed E-state index contributed by atoms with van der Waals surface area (Å²) in [6.07, 6.45) is -2.15. The SMILES string of the molecule is CCc1ccc2c(c1)c(=O)c(-c1nc(-c3ccc(C)cc3)no1)cn2Cc1cccc(C(F)(F)F)c1. The van der Waals surface area contributed by atoms with Crippen molar-refractivity contribution in [3.05, 3.63) is 105 Å². The third kappa shape index (κ3) is 4.54. The molecule has 0 fully saturated rings. The molecular formula is C28H22F3N3O2. The van der Waals surface area contributed by atoms with Crippen LogP contribution in [0.25, 0.3) is 33.7 Å². The van der Waals surface area contributed by atoms with Gasteiger partial charge in [0.1, 0.15) is 5.56 Å². The number of fused-ring (bicyclic) bond motifs is 1. The van der Waals surface area contributed by atoms with Crippen molar-refractivity contribution < 1.29 is 17.7 Å². The molecule has 182 valence electrons. The first-order valence-corrected chi connectivity index (χ1v) is 11.5. The van der Waals surface area contributed by atoms with Gasteiger partial charge in [0.25, 0.3) is 5.89 Å². The molecule has 0 aliphatic rings. The minimum Gasteiger partial charge on any atom is -0.342 e. The number of aryl methyl sites for hydroxylation is 2. The summed E-state index contributed by atoms with van der Waals surface area (Å²) in [6, 6.07) is 18.3. The van der Waals surface area contributed by atoms with Gasteiger partial charge in [-0.15, -0.1) is 0 Å². The van der Waals surface area contributed by atoms with Crippen LogP contribution in [0.5, 0.6) is 0 Å². The van der Waals surface area contributed by atoms with Crippen LogP contribution in [-0.2, 0) is 19.1 Å². The molecule has 0 saturated carbocycles. The molecule has 2 aromatic heterocycles. The Labute approximate surface area is 204 Å². The highest BCUT2D eigenvalue weighted by Crippen LogP contribution is 2.30. The predicted octanol–water partition coefficient (Wildman–Crippen LogP) is 6.66. The van der Waals surface area contributed by atoms with E-state index in [1.807, 2.05) is 50.2 Å². The van der Waals surface area contributed by atoms with E-state index in [1.54, 1.807) is 22.9 Å². The van der Waals surface area contributed by atoms with Crippen molar-refractivity contribution in [2.45, 2.75) is 33.0 Å². The molecule has 5 aromatic rings. The van der Waals surface area contributed by atoms with Crippen LogP contribution in [0, 0.1) is 6.92 Å². The van der Waals surface area contributed by atoms with E-state index < -0.39 is 11.7 Å². The van der Waals surface area contributed by atoms with Gasteiger partial charge in [-0.3, -0.25) is 4.79 Å². The molecule has 0 bridgehead atoms. The number of hydrogen-bond acceptors (Lipinski definition) is 4. The summed E-state index contributed by atoms with van der Waals surface area (Å²) in [5, 5.41) is 4.48. The van der Waals surface area contributed by atoms with Crippen LogP contribution in [0.1, 0.15) is 29.2 Å². The maximum atomic E-state index is 13.5. The second-order valence-electron chi connectivity index (χ2n) is 8.69. The number of aromatic nitrogens is 3. The molecular weight excluding hydrogens is 467 g/mol. The Balaban J connectivity index is 1.64. The molecule has 0 spiro atoms. The molecule has 5 rings (SSSR count). The van der Waals surface area contributed by atoms with Crippen LogP contribution < -0.4 is 5.43 Å².